The van der Waals surface area contributed by atoms with Crippen LogP contribution in [0, 0.1) is 0 Å². The minimum atomic E-state index is -1.85. The molecule has 4 aromatic rings. The fraction of sp³-hybridized carbons (Fsp3) is 0.167. The van der Waals surface area contributed by atoms with Crippen molar-refractivity contribution in [1.29, 1.82) is 0 Å². The maximum absolute atomic E-state index is 13.9. The molecule has 0 radical (unpaired) electrons. The Labute approximate surface area is 230 Å². The third-order valence-electron chi connectivity index (χ3n) is 6.06. The fourth-order valence-corrected chi connectivity index (χ4v) is 4.12. The van der Waals surface area contributed by atoms with Gasteiger partial charge in [-0.2, -0.15) is 0 Å². The number of nitrogens with one attached hydrogen (secondary N) is 1. The number of aromatic nitrogens is 1. The van der Waals surface area contributed by atoms with Crippen LogP contribution in [-0.4, -0.2) is 44.1 Å². The molecule has 0 saturated heterocycles. The highest BCUT2D eigenvalue weighted by atomic mass is 16.6. The van der Waals surface area contributed by atoms with Gasteiger partial charge in [0.05, 0.1) is 11.6 Å². The Morgan fingerprint density at radius 1 is 0.875 bits per heavy atom. The summed E-state index contributed by atoms with van der Waals surface area (Å²) in [5.41, 5.74) is 7.45. The number of rotatable bonds is 9. The second kappa shape index (κ2) is 12.6. The zero-order chi connectivity index (χ0) is 28.6. The monoisotopic (exact) mass is 543 g/mol. The largest absolute Gasteiger partial charge is 0.495 e. The van der Waals surface area contributed by atoms with Crippen molar-refractivity contribution in [3.8, 4) is 11.8 Å². The molecule has 0 aliphatic carbocycles. The van der Waals surface area contributed by atoms with E-state index in [2.05, 4.69) is 4.98 Å². The Balaban J connectivity index is 1.75. The van der Waals surface area contributed by atoms with Gasteiger partial charge in [0.1, 0.15) is 6.61 Å². The molecule has 40 heavy (non-hydrogen) atoms. The van der Waals surface area contributed by atoms with Crippen LogP contribution in [-0.2, 0) is 25.7 Å². The Bertz CT molecular complexity index is 1400. The molecule has 0 bridgehead atoms. The molecule has 0 spiro atoms. The van der Waals surface area contributed by atoms with E-state index in [0.717, 1.165) is 6.07 Å². The number of benzene rings is 3. The number of H-pyrrole nitrogens is 1. The lowest BCUT2D eigenvalue weighted by molar-refractivity contribution is -0.158. The second-order valence-electron chi connectivity index (χ2n) is 9.04. The third kappa shape index (κ3) is 6.48. The highest BCUT2D eigenvalue weighted by Gasteiger charge is 2.43. The number of ether oxygens (including phenoxy) is 2. The number of imide groups is 1. The zero-order valence-corrected chi connectivity index (χ0v) is 21.6. The van der Waals surface area contributed by atoms with Crippen molar-refractivity contribution < 1.29 is 34.1 Å². The summed E-state index contributed by atoms with van der Waals surface area (Å²) in [5, 5.41) is 20.5. The number of hydrogen-bond acceptors (Lipinski definition) is 8. The van der Waals surface area contributed by atoms with Gasteiger partial charge in [-0.25, -0.2) is 14.5 Å². The van der Waals surface area contributed by atoms with Crippen LogP contribution >= 0.6 is 0 Å². The molecule has 10 heteroatoms. The van der Waals surface area contributed by atoms with E-state index in [1.807, 2.05) is 12.1 Å². The van der Waals surface area contributed by atoms with E-state index in [-0.39, 0.29) is 12.2 Å². The van der Waals surface area contributed by atoms with Crippen LogP contribution < -0.4 is 5.73 Å². The summed E-state index contributed by atoms with van der Waals surface area (Å²) >= 11 is 0. The van der Waals surface area contributed by atoms with Crippen LogP contribution in [0.25, 0.3) is 0 Å². The van der Waals surface area contributed by atoms with E-state index in [0.29, 0.717) is 21.6 Å². The van der Waals surface area contributed by atoms with Crippen LogP contribution in [0.2, 0.25) is 0 Å². The second-order valence-corrected chi connectivity index (χ2v) is 9.04. The van der Waals surface area contributed by atoms with Gasteiger partial charge in [0.25, 0.3) is 0 Å². The van der Waals surface area contributed by atoms with Crippen LogP contribution in [0.1, 0.15) is 41.3 Å². The number of aromatic hydroxyl groups is 2. The lowest BCUT2D eigenvalue weighted by Crippen LogP contribution is -2.50. The number of hydrogen-bond donors (Lipinski definition) is 4. The maximum atomic E-state index is 13.9. The van der Waals surface area contributed by atoms with Gasteiger partial charge in [0.2, 0.25) is 5.91 Å². The third-order valence-corrected chi connectivity index (χ3v) is 6.06. The van der Waals surface area contributed by atoms with E-state index in [4.69, 9.17) is 15.2 Å². The predicted octanol–water partition coefficient (Wildman–Crippen LogP) is 4.31. The summed E-state index contributed by atoms with van der Waals surface area (Å²) in [5.74, 6) is -3.18. The molecule has 0 aliphatic heterocycles. The van der Waals surface area contributed by atoms with Crippen molar-refractivity contribution in [2.75, 3.05) is 0 Å². The number of carbonyl (C=O) groups excluding carboxylic acids is 3. The van der Waals surface area contributed by atoms with Gasteiger partial charge in [-0.05, 0) is 23.6 Å². The minimum Gasteiger partial charge on any atom is -0.495 e. The molecule has 1 unspecified atom stereocenters. The first kappa shape index (κ1) is 27.9. The summed E-state index contributed by atoms with van der Waals surface area (Å²) in [4.78, 5) is 43.4. The number of nitrogens with zero attached hydrogens (tertiary/aromatic N) is 1. The van der Waals surface area contributed by atoms with Gasteiger partial charge in [0, 0.05) is 6.07 Å². The average Bonchev–Trinajstić information content (AvgIpc) is 3.30. The number of esters is 1. The van der Waals surface area contributed by atoms with Gasteiger partial charge in [0.15, 0.2) is 23.9 Å². The molecule has 206 valence electrons. The van der Waals surface area contributed by atoms with Crippen LogP contribution in [0.5, 0.6) is 11.8 Å². The van der Waals surface area contributed by atoms with E-state index < -0.39 is 47.9 Å². The summed E-state index contributed by atoms with van der Waals surface area (Å²) < 4.78 is 11.3. The quantitative estimate of drug-likeness (QED) is 0.228. The Morgan fingerprint density at radius 3 is 1.88 bits per heavy atom. The SMILES string of the molecule is C[C@H](N)C(=O)N(C(=O)OCc1ccccc1)C(C(=O)OC(c1ccccc1)c1ccccc1)c1cc(O)[nH]c1O. The predicted molar refractivity (Wildman–Crippen MR) is 145 cm³/mol. The molecule has 4 rings (SSSR count). The highest BCUT2D eigenvalue weighted by molar-refractivity contribution is 5.99. The first-order chi connectivity index (χ1) is 19.3. The summed E-state index contributed by atoms with van der Waals surface area (Å²) in [6.07, 6.45) is -2.12. The van der Waals surface area contributed by atoms with E-state index in [1.54, 1.807) is 78.9 Å². The first-order valence-corrected chi connectivity index (χ1v) is 12.5. The van der Waals surface area contributed by atoms with Gasteiger partial charge in [-0.1, -0.05) is 91.0 Å². The molecule has 2 amide bonds. The molecule has 0 saturated carbocycles. The summed E-state index contributed by atoms with van der Waals surface area (Å²) in [6, 6.07) is 24.4. The Kier molecular flexibility index (Phi) is 8.82. The summed E-state index contributed by atoms with van der Waals surface area (Å²) in [7, 11) is 0. The highest BCUT2D eigenvalue weighted by Crippen LogP contribution is 2.36. The smallest absolute Gasteiger partial charge is 0.418 e. The normalized spacial score (nSPS) is 12.4. The molecule has 0 aliphatic rings. The maximum Gasteiger partial charge on any atom is 0.418 e. The van der Waals surface area contributed by atoms with Gasteiger partial charge < -0.3 is 25.4 Å². The topological polar surface area (TPSA) is 155 Å². The minimum absolute atomic E-state index is 0.203. The van der Waals surface area contributed by atoms with Crippen LogP contribution in [0.3, 0.4) is 0 Å². The van der Waals surface area contributed by atoms with Crippen molar-refractivity contribution in [3.63, 3.8) is 0 Å². The van der Waals surface area contributed by atoms with E-state index in [9.17, 15) is 24.6 Å². The number of carbonyl (C=O) groups is 3. The standard InChI is InChI=1S/C30H29N3O7/c1-19(31)28(36)33(30(38)39-18-20-11-5-2-6-12-20)25(23-17-24(34)32-27(23)35)29(37)40-26(21-13-7-3-8-14-21)22-15-9-4-10-16-22/h2-17,19,25-26,32,34-35H,18,31H2,1H3/t19-,25?/m0/s1. The molecule has 1 aromatic heterocycles. The van der Waals surface area contributed by atoms with Crippen LogP contribution in [0.4, 0.5) is 4.79 Å². The molecule has 1 heterocycles. The molecular weight excluding hydrogens is 514 g/mol. The lowest BCUT2D eigenvalue weighted by Gasteiger charge is -2.30. The zero-order valence-electron chi connectivity index (χ0n) is 21.6. The molecular formula is C30H29N3O7. The molecule has 5 N–H and O–H groups in total. The van der Waals surface area contributed by atoms with Crippen LogP contribution in [0.15, 0.2) is 97.1 Å². The van der Waals surface area contributed by atoms with Gasteiger partial charge in [-0.3, -0.25) is 9.78 Å². The lowest BCUT2D eigenvalue weighted by atomic mass is 10.0. The van der Waals surface area contributed by atoms with Gasteiger partial charge in [-0.15, -0.1) is 0 Å². The molecule has 2 atom stereocenters. The van der Waals surface area contributed by atoms with Crippen molar-refractivity contribution in [3.05, 3.63) is 119 Å². The van der Waals surface area contributed by atoms with Crippen molar-refractivity contribution in [2.24, 2.45) is 5.73 Å². The van der Waals surface area contributed by atoms with E-state index in [1.165, 1.54) is 6.92 Å². The summed E-state index contributed by atoms with van der Waals surface area (Å²) in [6.45, 7) is 1.14. The number of nitrogens with two attached hydrogens (primary N) is 1. The number of aromatic amines is 1. The first-order valence-electron chi connectivity index (χ1n) is 12.5. The van der Waals surface area contributed by atoms with Crippen molar-refractivity contribution >= 4 is 18.0 Å². The molecule has 3 aromatic carbocycles. The van der Waals surface area contributed by atoms with E-state index >= 15 is 0 Å². The number of amides is 2. The van der Waals surface area contributed by atoms with Crippen molar-refractivity contribution in [2.45, 2.75) is 31.7 Å². The Morgan fingerprint density at radius 2 is 1.40 bits per heavy atom. The van der Waals surface area contributed by atoms with Crippen molar-refractivity contribution in [1.82, 2.24) is 9.88 Å². The average molecular weight is 544 g/mol. The fourth-order valence-electron chi connectivity index (χ4n) is 4.12. The molecule has 10 nitrogen and oxygen atoms in total. The molecule has 0 fully saturated rings. The van der Waals surface area contributed by atoms with Gasteiger partial charge >= 0.3 is 12.1 Å². The Hall–Kier alpha value is -5.09.